The maximum atomic E-state index is 6.15. The Hall–Kier alpha value is -1.81. The lowest BCUT2D eigenvalue weighted by Crippen LogP contribution is -2.31. The van der Waals surface area contributed by atoms with Crippen LogP contribution in [0.15, 0.2) is 73.8 Å². The molecule has 0 saturated carbocycles. The van der Waals surface area contributed by atoms with Crippen LogP contribution in [0.3, 0.4) is 0 Å². The van der Waals surface area contributed by atoms with Crippen LogP contribution in [0.25, 0.3) is 11.1 Å². The van der Waals surface area contributed by atoms with E-state index in [-0.39, 0.29) is 22.7 Å². The summed E-state index contributed by atoms with van der Waals surface area (Å²) in [6.45, 7) is 10.7. The number of hydrogen-bond acceptors (Lipinski definition) is 3. The molecule has 4 unspecified atom stereocenters. The van der Waals surface area contributed by atoms with E-state index >= 15 is 0 Å². The Morgan fingerprint density at radius 2 is 1.14 bits per heavy atom. The number of benzene rings is 2. The van der Waals surface area contributed by atoms with E-state index in [1.54, 1.807) is 0 Å². The molecule has 2 nitrogen and oxygen atoms in total. The second-order valence-corrected chi connectivity index (χ2v) is 9.15. The molecule has 2 aliphatic rings. The van der Waals surface area contributed by atoms with Gasteiger partial charge in [-0.05, 0) is 48.0 Å². The van der Waals surface area contributed by atoms with Gasteiger partial charge < -0.3 is 9.47 Å². The molecule has 0 spiro atoms. The van der Waals surface area contributed by atoms with Crippen LogP contribution in [0.2, 0.25) is 0 Å². The summed E-state index contributed by atoms with van der Waals surface area (Å²) in [6, 6.07) is 21.0. The molecule has 2 heterocycles. The Morgan fingerprint density at radius 1 is 0.724 bits per heavy atom. The summed E-state index contributed by atoms with van der Waals surface area (Å²) in [7, 11) is 0. The Morgan fingerprint density at radius 3 is 1.48 bits per heavy atom. The van der Waals surface area contributed by atoms with Gasteiger partial charge in [-0.25, -0.2) is 0 Å². The van der Waals surface area contributed by atoms with Crippen molar-refractivity contribution in [3.8, 4) is 0 Å². The SMILES string of the molecule is C=C(c1ccccc1)C(SC(C(=C)c1ccccc1)C1CCCO1)C1CCCO1. The van der Waals surface area contributed by atoms with E-state index in [4.69, 9.17) is 9.47 Å². The molecule has 0 bridgehead atoms. The molecule has 29 heavy (non-hydrogen) atoms. The van der Waals surface area contributed by atoms with Gasteiger partial charge >= 0.3 is 0 Å². The molecule has 2 saturated heterocycles. The predicted octanol–water partition coefficient (Wildman–Crippen LogP) is 6.24. The first-order valence-corrected chi connectivity index (χ1v) is 11.6. The van der Waals surface area contributed by atoms with Crippen LogP contribution in [0, 0.1) is 0 Å². The summed E-state index contributed by atoms with van der Waals surface area (Å²) in [5, 5.41) is 0.379. The maximum absolute atomic E-state index is 6.15. The van der Waals surface area contributed by atoms with Gasteiger partial charge in [-0.15, -0.1) is 11.8 Å². The summed E-state index contributed by atoms with van der Waals surface area (Å²) in [4.78, 5) is 0. The normalized spacial score (nSPS) is 23.6. The van der Waals surface area contributed by atoms with E-state index in [0.29, 0.717) is 0 Å². The summed E-state index contributed by atoms with van der Waals surface area (Å²) < 4.78 is 12.3. The highest BCUT2D eigenvalue weighted by Crippen LogP contribution is 2.43. The van der Waals surface area contributed by atoms with Crippen LogP contribution >= 0.6 is 11.8 Å². The number of thioether (sulfide) groups is 1. The topological polar surface area (TPSA) is 18.5 Å². The van der Waals surface area contributed by atoms with Crippen molar-refractivity contribution in [2.24, 2.45) is 0 Å². The van der Waals surface area contributed by atoms with Crippen molar-refractivity contribution in [1.29, 1.82) is 0 Å². The molecule has 2 aliphatic heterocycles. The van der Waals surface area contributed by atoms with Crippen LogP contribution in [0.4, 0.5) is 0 Å². The highest BCUT2D eigenvalue weighted by Gasteiger charge is 2.36. The molecule has 4 rings (SSSR count). The van der Waals surface area contributed by atoms with Crippen LogP contribution in [-0.4, -0.2) is 35.9 Å². The van der Waals surface area contributed by atoms with Crippen molar-refractivity contribution in [2.75, 3.05) is 13.2 Å². The molecule has 0 N–H and O–H groups in total. The van der Waals surface area contributed by atoms with Crippen molar-refractivity contribution in [2.45, 2.75) is 48.4 Å². The lowest BCUT2D eigenvalue weighted by atomic mass is 9.99. The third-order valence-electron chi connectivity index (χ3n) is 5.87. The number of rotatable bonds is 8. The second-order valence-electron chi connectivity index (χ2n) is 7.86. The Kier molecular flexibility index (Phi) is 6.91. The number of hydrogen-bond donors (Lipinski definition) is 0. The highest BCUT2D eigenvalue weighted by molar-refractivity contribution is 8.01. The summed E-state index contributed by atoms with van der Waals surface area (Å²) in [5.41, 5.74) is 4.67. The predicted molar refractivity (Wildman–Crippen MR) is 124 cm³/mol. The molecule has 2 fully saturated rings. The first kappa shape index (κ1) is 20.5. The van der Waals surface area contributed by atoms with E-state index in [1.165, 1.54) is 11.1 Å². The zero-order valence-electron chi connectivity index (χ0n) is 17.0. The minimum absolute atomic E-state index is 0.189. The fourth-order valence-corrected chi connectivity index (χ4v) is 5.96. The molecule has 0 radical (unpaired) electrons. The average Bonchev–Trinajstić information content (AvgIpc) is 3.50. The van der Waals surface area contributed by atoms with Gasteiger partial charge in [0.1, 0.15) is 0 Å². The minimum atomic E-state index is 0.189. The van der Waals surface area contributed by atoms with Crippen molar-refractivity contribution >= 4 is 22.9 Å². The largest absolute Gasteiger partial charge is 0.377 e. The lowest BCUT2D eigenvalue weighted by molar-refractivity contribution is 0.113. The number of ether oxygens (including phenoxy) is 2. The van der Waals surface area contributed by atoms with Crippen molar-refractivity contribution < 1.29 is 9.47 Å². The van der Waals surface area contributed by atoms with Crippen LogP contribution < -0.4 is 0 Å². The third kappa shape index (κ3) is 4.85. The van der Waals surface area contributed by atoms with Gasteiger partial charge in [0, 0.05) is 13.2 Å². The summed E-state index contributed by atoms with van der Waals surface area (Å²) in [6.07, 6.45) is 4.79. The van der Waals surface area contributed by atoms with Gasteiger partial charge in [-0.1, -0.05) is 73.8 Å². The van der Waals surface area contributed by atoms with Gasteiger partial charge in [0.25, 0.3) is 0 Å². The van der Waals surface area contributed by atoms with Crippen LogP contribution in [0.1, 0.15) is 36.8 Å². The zero-order valence-corrected chi connectivity index (χ0v) is 17.8. The summed E-state index contributed by atoms with van der Waals surface area (Å²) in [5.74, 6) is 0. The quantitative estimate of drug-likeness (QED) is 0.517. The first-order chi connectivity index (χ1) is 14.2. The van der Waals surface area contributed by atoms with E-state index in [2.05, 4.69) is 73.8 Å². The first-order valence-electron chi connectivity index (χ1n) is 10.6. The Bertz CT molecular complexity index is 736. The van der Waals surface area contributed by atoms with Gasteiger partial charge in [0.05, 0.1) is 22.7 Å². The van der Waals surface area contributed by atoms with Gasteiger partial charge in [0.15, 0.2) is 0 Å². The average molecular weight is 407 g/mol. The molecule has 2 aromatic carbocycles. The summed E-state index contributed by atoms with van der Waals surface area (Å²) >= 11 is 1.94. The smallest absolute Gasteiger partial charge is 0.0735 e. The fourth-order valence-electron chi connectivity index (χ4n) is 4.26. The second kappa shape index (κ2) is 9.80. The molecule has 2 aromatic rings. The monoisotopic (exact) mass is 406 g/mol. The molecule has 0 aromatic heterocycles. The Labute approximate surface area is 179 Å². The van der Waals surface area contributed by atoms with Gasteiger partial charge in [-0.3, -0.25) is 0 Å². The van der Waals surface area contributed by atoms with E-state index in [0.717, 1.165) is 50.0 Å². The standard InChI is InChI=1S/C26H30O2S/c1-19(21-11-5-3-6-12-21)25(23-15-9-17-27-23)29-26(24-16-10-18-28-24)20(2)22-13-7-4-8-14-22/h3-8,11-14,23-26H,1-2,9-10,15-18H2. The van der Waals surface area contributed by atoms with Crippen molar-refractivity contribution in [3.63, 3.8) is 0 Å². The van der Waals surface area contributed by atoms with Gasteiger partial charge in [-0.2, -0.15) is 0 Å². The Balaban J connectivity index is 1.62. The molecule has 3 heteroatoms. The molecule has 152 valence electrons. The molecule has 4 atom stereocenters. The highest BCUT2D eigenvalue weighted by atomic mass is 32.2. The molecule has 0 amide bonds. The fraction of sp³-hybridized carbons (Fsp3) is 0.385. The van der Waals surface area contributed by atoms with E-state index in [1.807, 2.05) is 11.8 Å². The third-order valence-corrected chi connectivity index (χ3v) is 7.64. The molecular weight excluding hydrogens is 376 g/mol. The zero-order chi connectivity index (χ0) is 20.1. The van der Waals surface area contributed by atoms with Crippen LogP contribution in [0.5, 0.6) is 0 Å². The molecule has 0 aliphatic carbocycles. The van der Waals surface area contributed by atoms with E-state index in [9.17, 15) is 0 Å². The van der Waals surface area contributed by atoms with Gasteiger partial charge in [0.2, 0.25) is 0 Å². The van der Waals surface area contributed by atoms with E-state index < -0.39 is 0 Å². The molecular formula is C26H30O2S. The maximum Gasteiger partial charge on any atom is 0.0735 e. The van der Waals surface area contributed by atoms with Crippen molar-refractivity contribution in [3.05, 3.63) is 84.9 Å². The lowest BCUT2D eigenvalue weighted by Gasteiger charge is -2.32. The van der Waals surface area contributed by atoms with Crippen LogP contribution in [-0.2, 0) is 9.47 Å². The van der Waals surface area contributed by atoms with Crippen molar-refractivity contribution in [1.82, 2.24) is 0 Å². The minimum Gasteiger partial charge on any atom is -0.377 e.